The van der Waals surface area contributed by atoms with E-state index < -0.39 is 23.7 Å². The Morgan fingerprint density at radius 3 is 2.75 bits per heavy atom. The second kappa shape index (κ2) is 8.88. The number of carbonyl (C=O) groups is 1. The van der Waals surface area contributed by atoms with E-state index in [1.807, 2.05) is 12.1 Å². The topological polar surface area (TPSA) is 71.0 Å². The van der Waals surface area contributed by atoms with E-state index in [-0.39, 0.29) is 24.5 Å². The van der Waals surface area contributed by atoms with Gasteiger partial charge in [0.25, 0.3) is 0 Å². The number of rotatable bonds is 7. The first-order chi connectivity index (χ1) is 13.5. The Balaban J connectivity index is 1.72. The van der Waals surface area contributed by atoms with Crippen LogP contribution in [0.25, 0.3) is 0 Å². The van der Waals surface area contributed by atoms with Crippen molar-refractivity contribution >= 4 is 6.03 Å². The molecule has 150 valence electrons. The van der Waals surface area contributed by atoms with Crippen molar-refractivity contribution < 1.29 is 28.2 Å². The van der Waals surface area contributed by atoms with Crippen molar-refractivity contribution in [1.82, 2.24) is 10.2 Å². The van der Waals surface area contributed by atoms with Crippen molar-refractivity contribution in [2.45, 2.75) is 19.0 Å². The van der Waals surface area contributed by atoms with Gasteiger partial charge in [-0.1, -0.05) is 12.1 Å². The van der Waals surface area contributed by atoms with Gasteiger partial charge in [0, 0.05) is 31.8 Å². The predicted octanol–water partition coefficient (Wildman–Crippen LogP) is 3.00. The lowest BCUT2D eigenvalue weighted by molar-refractivity contribution is 0.180. The Kier molecular flexibility index (Phi) is 6.30. The van der Waals surface area contributed by atoms with Crippen molar-refractivity contribution in [3.63, 3.8) is 0 Å². The number of nitrogens with zero attached hydrogens (tertiary/aromatic N) is 1. The predicted molar refractivity (Wildman–Crippen MR) is 98.2 cm³/mol. The molecule has 1 aliphatic rings. The zero-order chi connectivity index (χ0) is 20.1. The summed E-state index contributed by atoms with van der Waals surface area (Å²) in [5.41, 5.74) is 1.02. The van der Waals surface area contributed by atoms with Gasteiger partial charge in [-0.15, -0.1) is 0 Å². The fourth-order valence-electron chi connectivity index (χ4n) is 3.09. The SMILES string of the molecule is COc1ccc(CN(CCCO)C(=O)NC2COc3cc(F)cc(F)c32)cc1. The molecule has 2 aromatic carbocycles. The summed E-state index contributed by atoms with van der Waals surface area (Å²) in [6, 6.07) is 8.01. The summed E-state index contributed by atoms with van der Waals surface area (Å²) in [4.78, 5) is 14.3. The minimum absolute atomic E-state index is 0.0256. The van der Waals surface area contributed by atoms with Crippen LogP contribution in [-0.4, -0.2) is 42.9 Å². The molecule has 0 fully saturated rings. The molecule has 28 heavy (non-hydrogen) atoms. The van der Waals surface area contributed by atoms with Gasteiger partial charge in [0.05, 0.1) is 18.7 Å². The van der Waals surface area contributed by atoms with Crippen LogP contribution in [0.5, 0.6) is 11.5 Å². The molecule has 2 N–H and O–H groups in total. The molecule has 1 heterocycles. The number of benzene rings is 2. The fraction of sp³-hybridized carbons (Fsp3) is 0.350. The van der Waals surface area contributed by atoms with Crippen molar-refractivity contribution in [1.29, 1.82) is 0 Å². The lowest BCUT2D eigenvalue weighted by Gasteiger charge is -2.25. The molecule has 1 unspecified atom stereocenters. The number of carbonyl (C=O) groups excluding carboxylic acids is 1. The number of nitrogens with one attached hydrogen (secondary N) is 1. The third-order valence-corrected chi connectivity index (χ3v) is 4.51. The Morgan fingerprint density at radius 2 is 2.07 bits per heavy atom. The van der Waals surface area contributed by atoms with Crippen LogP contribution in [0.1, 0.15) is 23.6 Å². The normalized spacial score (nSPS) is 14.9. The number of ether oxygens (including phenoxy) is 2. The summed E-state index contributed by atoms with van der Waals surface area (Å²) >= 11 is 0. The van der Waals surface area contributed by atoms with Crippen molar-refractivity contribution in [2.24, 2.45) is 0 Å². The van der Waals surface area contributed by atoms with Crippen LogP contribution in [0.2, 0.25) is 0 Å². The van der Waals surface area contributed by atoms with Crippen LogP contribution in [-0.2, 0) is 6.54 Å². The first-order valence-corrected chi connectivity index (χ1v) is 8.92. The molecule has 1 aliphatic heterocycles. The van der Waals surface area contributed by atoms with E-state index in [0.717, 1.165) is 17.7 Å². The summed E-state index contributed by atoms with van der Waals surface area (Å²) in [5.74, 6) is -0.681. The van der Waals surface area contributed by atoms with Gasteiger partial charge in [-0.05, 0) is 24.1 Å². The van der Waals surface area contributed by atoms with Gasteiger partial charge >= 0.3 is 6.03 Å². The highest BCUT2D eigenvalue weighted by atomic mass is 19.1. The highest BCUT2D eigenvalue weighted by molar-refractivity contribution is 5.75. The van der Waals surface area contributed by atoms with Gasteiger partial charge in [0.1, 0.15) is 29.7 Å². The molecule has 3 rings (SSSR count). The Morgan fingerprint density at radius 1 is 1.32 bits per heavy atom. The van der Waals surface area contributed by atoms with Crippen molar-refractivity contribution in [3.05, 3.63) is 59.2 Å². The molecule has 2 amide bonds. The Bertz CT molecular complexity index is 830. The number of hydrogen-bond acceptors (Lipinski definition) is 4. The maximum absolute atomic E-state index is 14.1. The van der Waals surface area contributed by atoms with E-state index in [4.69, 9.17) is 14.6 Å². The largest absolute Gasteiger partial charge is 0.497 e. The van der Waals surface area contributed by atoms with E-state index in [1.165, 1.54) is 4.90 Å². The molecule has 0 aliphatic carbocycles. The summed E-state index contributed by atoms with van der Waals surface area (Å²) in [6.45, 7) is 0.594. The minimum Gasteiger partial charge on any atom is -0.497 e. The summed E-state index contributed by atoms with van der Waals surface area (Å²) in [6.07, 6.45) is 0.404. The molecule has 0 radical (unpaired) electrons. The molecule has 0 saturated heterocycles. The number of aliphatic hydroxyl groups is 1. The molecular formula is C20H22F2N2O4. The van der Waals surface area contributed by atoms with E-state index in [2.05, 4.69) is 5.32 Å². The van der Waals surface area contributed by atoms with Crippen LogP contribution in [0.15, 0.2) is 36.4 Å². The average molecular weight is 392 g/mol. The van der Waals surface area contributed by atoms with Gasteiger partial charge in [-0.3, -0.25) is 0 Å². The maximum Gasteiger partial charge on any atom is 0.318 e. The number of aliphatic hydroxyl groups excluding tert-OH is 1. The zero-order valence-electron chi connectivity index (χ0n) is 15.5. The highest BCUT2D eigenvalue weighted by Gasteiger charge is 2.31. The molecule has 0 aromatic heterocycles. The van der Waals surface area contributed by atoms with Gasteiger partial charge in [0.15, 0.2) is 0 Å². The number of fused-ring (bicyclic) bond motifs is 1. The lowest BCUT2D eigenvalue weighted by atomic mass is 10.1. The van der Waals surface area contributed by atoms with E-state index >= 15 is 0 Å². The molecule has 0 spiro atoms. The average Bonchev–Trinajstić information content (AvgIpc) is 3.08. The van der Waals surface area contributed by atoms with Crippen LogP contribution in [0, 0.1) is 11.6 Å². The third kappa shape index (κ3) is 4.51. The molecule has 1 atom stereocenters. The van der Waals surface area contributed by atoms with Gasteiger partial charge in [0.2, 0.25) is 0 Å². The van der Waals surface area contributed by atoms with Crippen LogP contribution in [0.4, 0.5) is 13.6 Å². The summed E-state index contributed by atoms with van der Waals surface area (Å²) in [7, 11) is 1.57. The van der Waals surface area contributed by atoms with Crippen molar-refractivity contribution in [3.8, 4) is 11.5 Å². The Hall–Kier alpha value is -2.87. The van der Waals surface area contributed by atoms with Gasteiger partial charge in [-0.25, -0.2) is 13.6 Å². The second-order valence-corrected chi connectivity index (χ2v) is 6.46. The Labute approximate surface area is 161 Å². The standard InChI is InChI=1S/C20H22F2N2O4/c1-27-15-5-3-13(4-6-15)11-24(7-2-8-25)20(26)23-17-12-28-18-10-14(21)9-16(22)19(17)18/h3-6,9-10,17,25H,2,7-8,11-12H2,1H3,(H,23,26). The quantitative estimate of drug-likeness (QED) is 0.760. The van der Waals surface area contributed by atoms with Gasteiger partial charge < -0.3 is 24.8 Å². The van der Waals surface area contributed by atoms with Gasteiger partial charge in [-0.2, -0.15) is 0 Å². The van der Waals surface area contributed by atoms with E-state index in [9.17, 15) is 13.6 Å². The minimum atomic E-state index is -0.755. The monoisotopic (exact) mass is 392 g/mol. The van der Waals surface area contributed by atoms with Crippen LogP contribution < -0.4 is 14.8 Å². The molecule has 2 aromatic rings. The van der Waals surface area contributed by atoms with Crippen LogP contribution >= 0.6 is 0 Å². The number of halogens is 2. The number of urea groups is 1. The maximum atomic E-state index is 14.1. The highest BCUT2D eigenvalue weighted by Crippen LogP contribution is 2.35. The first kappa shape index (κ1) is 19.9. The third-order valence-electron chi connectivity index (χ3n) is 4.51. The van der Waals surface area contributed by atoms with E-state index in [1.54, 1.807) is 19.2 Å². The summed E-state index contributed by atoms with van der Waals surface area (Å²) in [5, 5.41) is 11.9. The van der Waals surface area contributed by atoms with Crippen LogP contribution in [0.3, 0.4) is 0 Å². The number of hydrogen-bond donors (Lipinski definition) is 2. The molecule has 0 saturated carbocycles. The lowest BCUT2D eigenvalue weighted by Crippen LogP contribution is -2.42. The number of methoxy groups -OCH3 is 1. The van der Waals surface area contributed by atoms with E-state index in [0.29, 0.717) is 25.3 Å². The fourth-order valence-corrected chi connectivity index (χ4v) is 3.09. The smallest absolute Gasteiger partial charge is 0.318 e. The zero-order valence-corrected chi connectivity index (χ0v) is 15.5. The molecule has 0 bridgehead atoms. The summed E-state index contributed by atoms with van der Waals surface area (Å²) < 4.78 is 37.9. The molecule has 8 heteroatoms. The molecule has 6 nitrogen and oxygen atoms in total. The first-order valence-electron chi connectivity index (χ1n) is 8.92. The molecular weight excluding hydrogens is 370 g/mol. The number of amides is 2. The van der Waals surface area contributed by atoms with Crippen molar-refractivity contribution in [2.75, 3.05) is 26.9 Å². The second-order valence-electron chi connectivity index (χ2n) is 6.46.